The minimum Gasteiger partial charge on any atom is -0.381 e. The zero-order valence-corrected chi connectivity index (χ0v) is 19.0. The number of likely N-dealkylation sites (tertiary alicyclic amines) is 1. The van der Waals surface area contributed by atoms with Crippen molar-refractivity contribution in [1.29, 1.82) is 0 Å². The number of nitrogens with two attached hydrogens (primary N) is 1. The van der Waals surface area contributed by atoms with Gasteiger partial charge in [-0.2, -0.15) is 0 Å². The number of rotatable bonds is 5. The van der Waals surface area contributed by atoms with Gasteiger partial charge in [0.25, 0.3) is 0 Å². The number of hydrogen-bond acceptors (Lipinski definition) is 5. The Bertz CT molecular complexity index is 448. The van der Waals surface area contributed by atoms with Crippen LogP contribution in [-0.2, 0) is 14.3 Å². The van der Waals surface area contributed by atoms with Gasteiger partial charge in [0.15, 0.2) is 0 Å². The fourth-order valence-corrected chi connectivity index (χ4v) is 4.76. The van der Waals surface area contributed by atoms with Crippen LogP contribution >= 0.6 is 24.8 Å². The lowest BCUT2D eigenvalue weighted by molar-refractivity contribution is -0.136. The highest BCUT2D eigenvalue weighted by molar-refractivity contribution is 5.85. The molecular formula is C20H39Cl2N3O3. The van der Waals surface area contributed by atoms with Gasteiger partial charge in [0, 0.05) is 39.4 Å². The van der Waals surface area contributed by atoms with Crippen LogP contribution < -0.4 is 5.73 Å². The fourth-order valence-electron chi connectivity index (χ4n) is 4.76. The minimum absolute atomic E-state index is 0. The Morgan fingerprint density at radius 1 is 1.04 bits per heavy atom. The molecule has 0 aromatic heterocycles. The van der Waals surface area contributed by atoms with E-state index in [0.29, 0.717) is 18.1 Å². The zero-order chi connectivity index (χ0) is 18.5. The third kappa shape index (κ3) is 7.29. The summed E-state index contributed by atoms with van der Waals surface area (Å²) in [7, 11) is 0. The molecular weight excluding hydrogens is 401 g/mol. The summed E-state index contributed by atoms with van der Waals surface area (Å²) < 4.78 is 11.2. The van der Waals surface area contributed by atoms with E-state index in [2.05, 4.69) is 18.7 Å². The van der Waals surface area contributed by atoms with E-state index in [-0.39, 0.29) is 36.8 Å². The highest BCUT2D eigenvalue weighted by atomic mass is 35.5. The van der Waals surface area contributed by atoms with Crippen LogP contribution in [0, 0.1) is 11.8 Å². The van der Waals surface area contributed by atoms with Crippen molar-refractivity contribution in [3.05, 3.63) is 0 Å². The summed E-state index contributed by atoms with van der Waals surface area (Å²) in [5, 5.41) is 0. The lowest BCUT2D eigenvalue weighted by Crippen LogP contribution is -2.51. The minimum atomic E-state index is -0.341. The molecule has 8 heteroatoms. The predicted octanol–water partition coefficient (Wildman–Crippen LogP) is 2.32. The molecule has 2 N–H and O–H groups in total. The molecule has 166 valence electrons. The van der Waals surface area contributed by atoms with Crippen LogP contribution in [0.15, 0.2) is 0 Å². The van der Waals surface area contributed by atoms with Gasteiger partial charge in [-0.1, -0.05) is 0 Å². The van der Waals surface area contributed by atoms with Crippen LogP contribution in [0.2, 0.25) is 0 Å². The number of nitrogens with zero attached hydrogens (tertiary/aromatic N) is 2. The lowest BCUT2D eigenvalue weighted by atomic mass is 9.89. The van der Waals surface area contributed by atoms with Gasteiger partial charge in [-0.15, -0.1) is 24.8 Å². The molecule has 3 atom stereocenters. The van der Waals surface area contributed by atoms with Gasteiger partial charge in [0.2, 0.25) is 5.91 Å². The van der Waals surface area contributed by atoms with E-state index in [1.807, 2.05) is 4.90 Å². The summed E-state index contributed by atoms with van der Waals surface area (Å²) in [4.78, 5) is 17.3. The first-order valence-corrected chi connectivity index (χ1v) is 10.5. The van der Waals surface area contributed by atoms with Crippen LogP contribution in [0.3, 0.4) is 0 Å². The summed E-state index contributed by atoms with van der Waals surface area (Å²) in [6.45, 7) is 10.8. The number of hydrogen-bond donors (Lipinski definition) is 1. The van der Waals surface area contributed by atoms with Gasteiger partial charge in [-0.3, -0.25) is 9.69 Å². The van der Waals surface area contributed by atoms with Crippen molar-refractivity contribution >= 4 is 30.7 Å². The van der Waals surface area contributed by atoms with Crippen LogP contribution in [0.1, 0.15) is 46.0 Å². The molecule has 0 spiro atoms. The standard InChI is InChI=1S/C20H37N3O3.2ClH/c1-15-13-22(14-16(2)26-15)8-3-17-4-9-23(10-5-17)20(24)19(21)18-6-11-25-12-7-18;;/h15-19H,3-14,21H2,1-2H3;2*1H. The number of morpholine rings is 1. The predicted molar refractivity (Wildman–Crippen MR) is 116 cm³/mol. The SMILES string of the molecule is CC1CN(CCC2CCN(C(=O)C(N)C3CCOCC3)CC2)CC(C)O1.Cl.Cl. The van der Waals surface area contributed by atoms with Gasteiger partial charge in [0.1, 0.15) is 0 Å². The molecule has 3 fully saturated rings. The van der Waals surface area contributed by atoms with Gasteiger partial charge < -0.3 is 20.1 Å². The molecule has 0 saturated carbocycles. The first kappa shape index (κ1) is 25.9. The largest absolute Gasteiger partial charge is 0.381 e. The zero-order valence-electron chi connectivity index (χ0n) is 17.4. The summed E-state index contributed by atoms with van der Waals surface area (Å²) in [6, 6.07) is -0.341. The maximum absolute atomic E-state index is 12.7. The molecule has 0 aromatic rings. The van der Waals surface area contributed by atoms with Crippen molar-refractivity contribution in [3.63, 3.8) is 0 Å². The first-order valence-electron chi connectivity index (χ1n) is 10.5. The van der Waals surface area contributed by atoms with Crippen molar-refractivity contribution in [3.8, 4) is 0 Å². The Hall–Kier alpha value is -0.110. The van der Waals surface area contributed by atoms with Crippen molar-refractivity contribution in [2.45, 2.75) is 64.2 Å². The highest BCUT2D eigenvalue weighted by Crippen LogP contribution is 2.24. The second-order valence-electron chi connectivity index (χ2n) is 8.55. The van der Waals surface area contributed by atoms with Crippen LogP contribution in [0.4, 0.5) is 0 Å². The molecule has 28 heavy (non-hydrogen) atoms. The second-order valence-corrected chi connectivity index (χ2v) is 8.55. The Morgan fingerprint density at radius 2 is 1.61 bits per heavy atom. The van der Waals surface area contributed by atoms with E-state index >= 15 is 0 Å². The smallest absolute Gasteiger partial charge is 0.239 e. The van der Waals surface area contributed by atoms with Crippen LogP contribution in [0.5, 0.6) is 0 Å². The van der Waals surface area contributed by atoms with Gasteiger partial charge in [-0.05, 0) is 64.3 Å². The average Bonchev–Trinajstić information content (AvgIpc) is 2.65. The summed E-state index contributed by atoms with van der Waals surface area (Å²) in [5.74, 6) is 1.18. The summed E-state index contributed by atoms with van der Waals surface area (Å²) in [5.41, 5.74) is 6.27. The van der Waals surface area contributed by atoms with Gasteiger partial charge in [-0.25, -0.2) is 0 Å². The van der Waals surface area contributed by atoms with Gasteiger partial charge in [0.05, 0.1) is 18.2 Å². The molecule has 3 rings (SSSR count). The lowest BCUT2D eigenvalue weighted by Gasteiger charge is -2.38. The Morgan fingerprint density at radius 3 is 2.18 bits per heavy atom. The Labute approximate surface area is 182 Å². The van der Waals surface area contributed by atoms with E-state index in [4.69, 9.17) is 15.2 Å². The molecule has 0 bridgehead atoms. The molecule has 3 aliphatic rings. The molecule has 1 amide bonds. The molecule has 3 saturated heterocycles. The quantitative estimate of drug-likeness (QED) is 0.711. The monoisotopic (exact) mass is 439 g/mol. The van der Waals surface area contributed by atoms with Gasteiger partial charge >= 0.3 is 0 Å². The third-order valence-electron chi connectivity index (χ3n) is 6.33. The highest BCUT2D eigenvalue weighted by Gasteiger charge is 2.32. The third-order valence-corrected chi connectivity index (χ3v) is 6.33. The van der Waals surface area contributed by atoms with Crippen LogP contribution in [-0.4, -0.2) is 79.9 Å². The second kappa shape index (κ2) is 12.6. The number of halogens is 2. The van der Waals surface area contributed by atoms with Crippen molar-refractivity contribution in [2.75, 3.05) is 45.9 Å². The fraction of sp³-hybridized carbons (Fsp3) is 0.950. The number of ether oxygens (including phenoxy) is 2. The number of carbonyl (C=O) groups excluding carboxylic acids is 1. The molecule has 0 radical (unpaired) electrons. The molecule has 0 aliphatic carbocycles. The molecule has 3 heterocycles. The van der Waals surface area contributed by atoms with E-state index < -0.39 is 0 Å². The number of carbonyl (C=O) groups is 1. The summed E-state index contributed by atoms with van der Waals surface area (Å²) in [6.07, 6.45) is 5.96. The van der Waals surface area contributed by atoms with Crippen molar-refractivity contribution in [2.24, 2.45) is 17.6 Å². The van der Waals surface area contributed by atoms with E-state index in [1.54, 1.807) is 0 Å². The normalized spacial score (nSPS) is 28.9. The number of piperidine rings is 1. The summed E-state index contributed by atoms with van der Waals surface area (Å²) >= 11 is 0. The average molecular weight is 440 g/mol. The van der Waals surface area contributed by atoms with E-state index in [9.17, 15) is 4.79 Å². The maximum atomic E-state index is 12.7. The topological polar surface area (TPSA) is 68.0 Å². The molecule has 3 aliphatic heterocycles. The maximum Gasteiger partial charge on any atom is 0.239 e. The molecule has 3 unspecified atom stereocenters. The Balaban J connectivity index is 0.00000196. The molecule has 6 nitrogen and oxygen atoms in total. The molecule has 0 aromatic carbocycles. The Kier molecular flexibility index (Phi) is 11.6. The van der Waals surface area contributed by atoms with Crippen molar-refractivity contribution in [1.82, 2.24) is 9.80 Å². The first-order chi connectivity index (χ1) is 12.5. The van der Waals surface area contributed by atoms with E-state index in [1.165, 1.54) is 6.42 Å². The number of amides is 1. The van der Waals surface area contributed by atoms with Crippen molar-refractivity contribution < 1.29 is 14.3 Å². The van der Waals surface area contributed by atoms with Crippen LogP contribution in [0.25, 0.3) is 0 Å². The van der Waals surface area contributed by atoms with E-state index in [0.717, 1.165) is 77.5 Å².